The predicted molar refractivity (Wildman–Crippen MR) is 62.5 cm³/mol. The van der Waals surface area contributed by atoms with Crippen molar-refractivity contribution in [3.05, 3.63) is 35.1 Å². The maximum Gasteiger partial charge on any atom is 0.123 e. The van der Waals surface area contributed by atoms with Crippen molar-refractivity contribution in [2.45, 2.75) is 26.7 Å². The minimum Gasteiger partial charge on any atom is -0.320 e. The molecule has 0 fully saturated rings. The average Bonchev–Trinajstić information content (AvgIpc) is 2.20. The first-order valence-corrected chi connectivity index (χ1v) is 5.53. The standard InChI is InChI=1S/C13H20FN/c1-10(6-7-15-3)8-12-9-13(14)5-4-11(12)2/h4-5,9-10,15H,6-8H2,1-3H3. The van der Waals surface area contributed by atoms with Crippen LogP contribution in [-0.2, 0) is 6.42 Å². The van der Waals surface area contributed by atoms with Crippen LogP contribution in [0.15, 0.2) is 18.2 Å². The van der Waals surface area contributed by atoms with Gasteiger partial charge in [0.2, 0.25) is 0 Å². The van der Waals surface area contributed by atoms with Gasteiger partial charge in [0.25, 0.3) is 0 Å². The van der Waals surface area contributed by atoms with Gasteiger partial charge in [0.1, 0.15) is 5.82 Å². The number of benzene rings is 1. The zero-order valence-corrected chi connectivity index (χ0v) is 9.81. The number of hydrogen-bond donors (Lipinski definition) is 1. The highest BCUT2D eigenvalue weighted by Crippen LogP contribution is 2.16. The van der Waals surface area contributed by atoms with Gasteiger partial charge in [-0.25, -0.2) is 4.39 Å². The maximum absolute atomic E-state index is 13.0. The molecule has 0 amide bonds. The summed E-state index contributed by atoms with van der Waals surface area (Å²) in [5, 5.41) is 3.14. The van der Waals surface area contributed by atoms with Crippen molar-refractivity contribution in [1.29, 1.82) is 0 Å². The Balaban J connectivity index is 2.59. The Morgan fingerprint density at radius 3 is 2.80 bits per heavy atom. The second-order valence-corrected chi connectivity index (χ2v) is 4.27. The Morgan fingerprint density at radius 1 is 1.40 bits per heavy atom. The van der Waals surface area contributed by atoms with Crippen molar-refractivity contribution < 1.29 is 4.39 Å². The third-order valence-corrected chi connectivity index (χ3v) is 2.77. The smallest absolute Gasteiger partial charge is 0.123 e. The molecule has 1 atom stereocenters. The van der Waals surface area contributed by atoms with Crippen LogP contribution in [0, 0.1) is 18.7 Å². The number of rotatable bonds is 5. The van der Waals surface area contributed by atoms with Crippen molar-refractivity contribution in [1.82, 2.24) is 5.32 Å². The second kappa shape index (κ2) is 5.86. The van der Waals surface area contributed by atoms with E-state index in [4.69, 9.17) is 0 Å². The Labute approximate surface area is 91.7 Å². The van der Waals surface area contributed by atoms with Crippen LogP contribution in [0.4, 0.5) is 4.39 Å². The van der Waals surface area contributed by atoms with Gasteiger partial charge in [0, 0.05) is 0 Å². The molecule has 0 aromatic heterocycles. The molecule has 0 spiro atoms. The van der Waals surface area contributed by atoms with Crippen LogP contribution in [0.5, 0.6) is 0 Å². The molecule has 0 radical (unpaired) electrons. The van der Waals surface area contributed by atoms with E-state index in [1.807, 2.05) is 20.0 Å². The van der Waals surface area contributed by atoms with Crippen molar-refractivity contribution >= 4 is 0 Å². The summed E-state index contributed by atoms with van der Waals surface area (Å²) < 4.78 is 13.0. The topological polar surface area (TPSA) is 12.0 Å². The highest BCUT2D eigenvalue weighted by atomic mass is 19.1. The van der Waals surface area contributed by atoms with Gasteiger partial charge in [0.05, 0.1) is 0 Å². The van der Waals surface area contributed by atoms with E-state index in [1.165, 1.54) is 11.6 Å². The highest BCUT2D eigenvalue weighted by molar-refractivity contribution is 5.26. The van der Waals surface area contributed by atoms with Crippen LogP contribution in [0.3, 0.4) is 0 Å². The van der Waals surface area contributed by atoms with Gasteiger partial charge < -0.3 is 5.32 Å². The third-order valence-electron chi connectivity index (χ3n) is 2.77. The molecule has 0 aliphatic rings. The molecule has 2 heteroatoms. The van der Waals surface area contributed by atoms with Crippen LogP contribution < -0.4 is 5.32 Å². The molecular weight excluding hydrogens is 189 g/mol. The maximum atomic E-state index is 13.0. The molecule has 0 aliphatic heterocycles. The molecule has 1 nitrogen and oxygen atoms in total. The predicted octanol–water partition coefficient (Wildman–Crippen LogP) is 2.92. The fraction of sp³-hybridized carbons (Fsp3) is 0.538. The lowest BCUT2D eigenvalue weighted by molar-refractivity contribution is 0.512. The molecule has 0 bridgehead atoms. The lowest BCUT2D eigenvalue weighted by Gasteiger charge is -2.13. The number of nitrogens with one attached hydrogen (secondary N) is 1. The second-order valence-electron chi connectivity index (χ2n) is 4.27. The quantitative estimate of drug-likeness (QED) is 0.786. The van der Waals surface area contributed by atoms with Crippen molar-refractivity contribution in [3.63, 3.8) is 0 Å². The van der Waals surface area contributed by atoms with Crippen molar-refractivity contribution in [3.8, 4) is 0 Å². The molecule has 0 aliphatic carbocycles. The Hall–Kier alpha value is -0.890. The SMILES string of the molecule is CNCCC(C)Cc1cc(F)ccc1C. The number of aryl methyl sites for hydroxylation is 1. The fourth-order valence-electron chi connectivity index (χ4n) is 1.73. The van der Waals surface area contributed by atoms with E-state index in [2.05, 4.69) is 12.2 Å². The van der Waals surface area contributed by atoms with E-state index in [0.29, 0.717) is 5.92 Å². The van der Waals surface area contributed by atoms with E-state index in [1.54, 1.807) is 6.07 Å². The van der Waals surface area contributed by atoms with Gasteiger partial charge in [-0.1, -0.05) is 13.0 Å². The summed E-state index contributed by atoms with van der Waals surface area (Å²) in [6.07, 6.45) is 2.09. The van der Waals surface area contributed by atoms with Crippen LogP contribution in [0.1, 0.15) is 24.5 Å². The zero-order valence-electron chi connectivity index (χ0n) is 9.81. The largest absolute Gasteiger partial charge is 0.320 e. The lowest BCUT2D eigenvalue weighted by Crippen LogP contribution is -2.13. The molecule has 1 aromatic rings. The monoisotopic (exact) mass is 209 g/mol. The molecule has 15 heavy (non-hydrogen) atoms. The zero-order chi connectivity index (χ0) is 11.3. The van der Waals surface area contributed by atoms with E-state index in [0.717, 1.165) is 24.9 Å². The van der Waals surface area contributed by atoms with E-state index < -0.39 is 0 Å². The van der Waals surface area contributed by atoms with E-state index in [9.17, 15) is 4.39 Å². The van der Waals surface area contributed by atoms with Crippen LogP contribution in [-0.4, -0.2) is 13.6 Å². The van der Waals surface area contributed by atoms with Gasteiger partial charge in [-0.2, -0.15) is 0 Å². The summed E-state index contributed by atoms with van der Waals surface area (Å²) in [6, 6.07) is 5.04. The lowest BCUT2D eigenvalue weighted by atomic mass is 9.95. The summed E-state index contributed by atoms with van der Waals surface area (Å²) in [5.41, 5.74) is 2.33. The summed E-state index contributed by atoms with van der Waals surface area (Å²) in [7, 11) is 1.96. The molecule has 0 saturated carbocycles. The van der Waals surface area contributed by atoms with Crippen LogP contribution in [0.2, 0.25) is 0 Å². The van der Waals surface area contributed by atoms with Crippen LogP contribution >= 0.6 is 0 Å². The molecule has 1 aromatic carbocycles. The summed E-state index contributed by atoms with van der Waals surface area (Å²) in [6.45, 7) is 5.27. The van der Waals surface area contributed by atoms with Gasteiger partial charge in [-0.3, -0.25) is 0 Å². The summed E-state index contributed by atoms with van der Waals surface area (Å²) >= 11 is 0. The van der Waals surface area contributed by atoms with Crippen LogP contribution in [0.25, 0.3) is 0 Å². The van der Waals surface area contributed by atoms with E-state index >= 15 is 0 Å². The fourth-order valence-corrected chi connectivity index (χ4v) is 1.73. The molecule has 1 N–H and O–H groups in total. The van der Waals surface area contributed by atoms with Gasteiger partial charge >= 0.3 is 0 Å². The Bertz CT molecular complexity index is 309. The Morgan fingerprint density at radius 2 is 2.13 bits per heavy atom. The molecular formula is C13H20FN. The minimum absolute atomic E-state index is 0.128. The molecule has 1 rings (SSSR count). The molecule has 0 saturated heterocycles. The highest BCUT2D eigenvalue weighted by Gasteiger charge is 2.06. The minimum atomic E-state index is -0.128. The average molecular weight is 209 g/mol. The first kappa shape index (κ1) is 12.2. The van der Waals surface area contributed by atoms with Gasteiger partial charge in [0.15, 0.2) is 0 Å². The first-order valence-electron chi connectivity index (χ1n) is 5.53. The normalized spacial score (nSPS) is 12.8. The van der Waals surface area contributed by atoms with Crippen molar-refractivity contribution in [2.24, 2.45) is 5.92 Å². The number of halogens is 1. The summed E-state index contributed by atoms with van der Waals surface area (Å²) in [4.78, 5) is 0. The first-order chi connectivity index (χ1) is 7.13. The number of hydrogen-bond acceptors (Lipinski definition) is 1. The summed E-state index contributed by atoms with van der Waals surface area (Å²) in [5.74, 6) is 0.467. The van der Waals surface area contributed by atoms with E-state index in [-0.39, 0.29) is 5.82 Å². The molecule has 84 valence electrons. The molecule has 1 unspecified atom stereocenters. The Kier molecular flexibility index (Phi) is 4.76. The van der Waals surface area contributed by atoms with Gasteiger partial charge in [-0.05, 0) is 62.5 Å². The third kappa shape index (κ3) is 4.00. The van der Waals surface area contributed by atoms with Crippen molar-refractivity contribution in [2.75, 3.05) is 13.6 Å². The molecule has 0 heterocycles. The van der Waals surface area contributed by atoms with Gasteiger partial charge in [-0.15, -0.1) is 0 Å².